The Bertz CT molecular complexity index is 1870. The van der Waals surface area contributed by atoms with E-state index >= 15 is 0 Å². The van der Waals surface area contributed by atoms with Gasteiger partial charge >= 0.3 is 5.69 Å². The van der Waals surface area contributed by atoms with E-state index < -0.39 is 15.7 Å². The Balaban J connectivity index is 0.000000241. The number of anilines is 4. The molecule has 2 fully saturated rings. The van der Waals surface area contributed by atoms with Gasteiger partial charge < -0.3 is 35.7 Å². The maximum absolute atomic E-state index is 13.1. The largest absolute Gasteiger partial charge is 0.393 e. The summed E-state index contributed by atoms with van der Waals surface area (Å²) < 4.78 is 32.2. The van der Waals surface area contributed by atoms with E-state index in [-0.39, 0.29) is 30.0 Å². The van der Waals surface area contributed by atoms with Crippen LogP contribution in [0.3, 0.4) is 0 Å². The Kier molecular flexibility index (Phi) is 10.6. The average Bonchev–Trinajstić information content (AvgIpc) is 3.68. The number of nitrogens with two attached hydrogens (primary N) is 1. The van der Waals surface area contributed by atoms with Crippen LogP contribution in [-0.2, 0) is 14.8 Å². The highest BCUT2D eigenvalue weighted by Crippen LogP contribution is 2.30. The van der Waals surface area contributed by atoms with Crippen LogP contribution in [0.2, 0.25) is 0 Å². The number of pyridine rings is 1. The van der Waals surface area contributed by atoms with Gasteiger partial charge in [0.05, 0.1) is 18.6 Å². The monoisotopic (exact) mass is 685 g/mol. The molecule has 2 aliphatic rings. The molecule has 17 heteroatoms. The number of aliphatic hydroxyl groups excluding tert-OH is 1. The minimum atomic E-state index is -3.36. The number of fused-ring (bicyclic) bond motifs is 1. The molecule has 3 aromatic heterocycles. The fourth-order valence-electron chi connectivity index (χ4n) is 5.22. The fraction of sp³-hybridized carbons (Fsp3) is 0.400. The van der Waals surface area contributed by atoms with Gasteiger partial charge in [0.2, 0.25) is 10.0 Å². The summed E-state index contributed by atoms with van der Waals surface area (Å²) in [7, 11) is -3.36. The number of amides is 1. The van der Waals surface area contributed by atoms with Crippen LogP contribution >= 0.6 is 11.8 Å². The van der Waals surface area contributed by atoms with Gasteiger partial charge in [0.25, 0.3) is 5.91 Å². The van der Waals surface area contributed by atoms with Gasteiger partial charge in [-0.15, -0.1) is 11.8 Å². The number of hydrogen-bond donors (Lipinski definition) is 5. The summed E-state index contributed by atoms with van der Waals surface area (Å²) in [6.45, 7) is 6.69. The Morgan fingerprint density at radius 3 is 2.62 bits per heavy atom. The molecule has 47 heavy (non-hydrogen) atoms. The number of thioether (sulfide) groups is 1. The van der Waals surface area contributed by atoms with Crippen molar-refractivity contribution in [2.75, 3.05) is 65.5 Å². The zero-order valence-electron chi connectivity index (χ0n) is 26.3. The zero-order valence-corrected chi connectivity index (χ0v) is 27.9. The molecule has 0 bridgehead atoms. The van der Waals surface area contributed by atoms with E-state index in [2.05, 4.69) is 43.7 Å². The quantitative estimate of drug-likeness (QED) is 0.181. The second-order valence-electron chi connectivity index (χ2n) is 11.4. The highest BCUT2D eigenvalue weighted by atomic mass is 32.2. The molecule has 4 aromatic rings. The van der Waals surface area contributed by atoms with Crippen molar-refractivity contribution in [1.29, 1.82) is 0 Å². The molecular weight excluding hydrogens is 647 g/mol. The Morgan fingerprint density at radius 1 is 1.19 bits per heavy atom. The molecule has 2 aliphatic heterocycles. The minimum absolute atomic E-state index is 0.0572. The zero-order chi connectivity index (χ0) is 33.7. The van der Waals surface area contributed by atoms with E-state index in [9.17, 15) is 18.0 Å². The number of aromatic amines is 1. The van der Waals surface area contributed by atoms with Crippen LogP contribution in [-0.4, -0.2) is 100 Å². The number of carbonyl (C=O) groups excluding carboxylic acids is 1. The van der Waals surface area contributed by atoms with Gasteiger partial charge in [-0.25, -0.2) is 18.2 Å². The number of benzene rings is 1. The number of H-pyrrole nitrogens is 1. The summed E-state index contributed by atoms with van der Waals surface area (Å²) >= 11 is 1.47. The lowest BCUT2D eigenvalue weighted by molar-refractivity contribution is -0.00629. The molecule has 252 valence electrons. The second kappa shape index (κ2) is 14.6. The maximum Gasteiger partial charge on any atom is 0.351 e. The molecule has 1 aromatic carbocycles. The van der Waals surface area contributed by atoms with E-state index in [0.29, 0.717) is 49.4 Å². The van der Waals surface area contributed by atoms with Crippen LogP contribution in [0.25, 0.3) is 10.9 Å². The van der Waals surface area contributed by atoms with Gasteiger partial charge in [0.1, 0.15) is 23.2 Å². The molecule has 15 nitrogen and oxygen atoms in total. The number of aliphatic hydroxyl groups is 1. The number of ether oxygens (including phenoxy) is 1. The van der Waals surface area contributed by atoms with Crippen molar-refractivity contribution in [2.45, 2.75) is 31.6 Å². The first-order chi connectivity index (χ1) is 22.4. The molecule has 2 saturated heterocycles. The van der Waals surface area contributed by atoms with Crippen LogP contribution in [0.1, 0.15) is 30.6 Å². The number of hydrogen-bond acceptors (Lipinski definition) is 12. The number of rotatable bonds is 8. The number of carbonyl (C=O) groups is 1. The van der Waals surface area contributed by atoms with Crippen LogP contribution in [0, 0.1) is 0 Å². The number of aromatic nitrogens is 4. The number of piperazine rings is 1. The number of nitrogens with zero attached hydrogens (tertiary/aromatic N) is 5. The maximum atomic E-state index is 13.1. The SMILES string of the molecule is CC(C)Nc1cccnc1N1CCN(C(=O)c2cc3cc(NS(C)(=O)=O)ccc3[nH]2)CC1.Nc1ccn([C@H]2CS[C@H](CO)O2)c(=O)n1. The van der Waals surface area contributed by atoms with Gasteiger partial charge in [0.15, 0.2) is 5.82 Å². The third-order valence-electron chi connectivity index (χ3n) is 7.30. The van der Waals surface area contributed by atoms with Crippen molar-refractivity contribution < 1.29 is 23.1 Å². The highest BCUT2D eigenvalue weighted by Gasteiger charge is 2.28. The van der Waals surface area contributed by atoms with Crippen LogP contribution in [0.4, 0.5) is 23.0 Å². The lowest BCUT2D eigenvalue weighted by Gasteiger charge is -2.36. The fourth-order valence-corrected chi connectivity index (χ4v) is 6.71. The summed E-state index contributed by atoms with van der Waals surface area (Å²) in [5, 5.41) is 13.1. The van der Waals surface area contributed by atoms with Crippen LogP contribution in [0.5, 0.6) is 0 Å². The molecule has 0 radical (unpaired) electrons. The normalized spacial score (nSPS) is 18.2. The van der Waals surface area contributed by atoms with Gasteiger partial charge in [0, 0.05) is 67.0 Å². The van der Waals surface area contributed by atoms with E-state index in [1.165, 1.54) is 16.3 Å². The Labute approximate surface area is 276 Å². The molecule has 6 N–H and O–H groups in total. The summed E-state index contributed by atoms with van der Waals surface area (Å²) in [6.07, 6.45) is 4.08. The van der Waals surface area contributed by atoms with Crippen molar-refractivity contribution >= 4 is 61.6 Å². The lowest BCUT2D eigenvalue weighted by atomic mass is 10.2. The van der Waals surface area contributed by atoms with E-state index in [1.807, 2.05) is 17.0 Å². The third-order valence-corrected chi connectivity index (χ3v) is 9.01. The summed E-state index contributed by atoms with van der Waals surface area (Å²) in [5.74, 6) is 1.65. The van der Waals surface area contributed by atoms with Gasteiger partial charge in [-0.1, -0.05) is 0 Å². The average molecular weight is 686 g/mol. The second-order valence-corrected chi connectivity index (χ2v) is 14.3. The van der Waals surface area contributed by atoms with Crippen LogP contribution in [0.15, 0.2) is 59.7 Å². The molecule has 0 saturated carbocycles. The smallest absolute Gasteiger partial charge is 0.351 e. The van der Waals surface area contributed by atoms with E-state index in [4.69, 9.17) is 15.6 Å². The van der Waals surface area contributed by atoms with E-state index in [1.54, 1.807) is 42.7 Å². The topological polar surface area (TPSA) is 201 Å². The molecular formula is C30H39N9O6S2. The Hall–Kier alpha value is -4.32. The van der Waals surface area contributed by atoms with Gasteiger partial charge in [-0.2, -0.15) is 4.98 Å². The summed E-state index contributed by atoms with van der Waals surface area (Å²) in [4.78, 5) is 39.8. The third kappa shape index (κ3) is 8.73. The standard InChI is InChI=1S/C22H28N6O3S.C8H11N3O3S/c1-15(2)24-19-5-4-8-23-21(19)27-9-11-28(12-10-27)22(29)20-14-16-13-17(26-32(3,30)31)6-7-18(16)25-20;9-5-1-2-11(8(13)10-5)6-4-15-7(3-12)14-6/h4-8,13-15,24-26H,9-12H2,1-3H3;1-2,6-7,12H,3-4H2,(H2,9,10,13)/t;6-,7-/m.1/s1. The first-order valence-electron chi connectivity index (χ1n) is 15.0. The van der Waals surface area contributed by atoms with Crippen molar-refractivity contribution in [3.05, 3.63) is 71.0 Å². The molecule has 1 amide bonds. The number of nitrogens with one attached hydrogen (secondary N) is 3. The highest BCUT2D eigenvalue weighted by molar-refractivity contribution is 8.00. The van der Waals surface area contributed by atoms with Gasteiger partial charge in [-0.3, -0.25) is 14.1 Å². The van der Waals surface area contributed by atoms with Crippen LogP contribution < -0.4 is 26.4 Å². The molecule has 0 aliphatic carbocycles. The number of sulfonamides is 1. The molecule has 6 rings (SSSR count). The van der Waals surface area contributed by atoms with Gasteiger partial charge in [-0.05, 0) is 56.3 Å². The lowest BCUT2D eigenvalue weighted by Crippen LogP contribution is -2.49. The number of nitrogen functional groups attached to an aromatic ring is 1. The van der Waals surface area contributed by atoms with Crippen molar-refractivity contribution in [3.63, 3.8) is 0 Å². The first-order valence-corrected chi connectivity index (χ1v) is 17.9. The predicted octanol–water partition coefficient (Wildman–Crippen LogP) is 2.12. The molecule has 0 unspecified atom stereocenters. The summed E-state index contributed by atoms with van der Waals surface area (Å²) in [6, 6.07) is 12.7. The summed E-state index contributed by atoms with van der Waals surface area (Å²) in [5.41, 5.74) is 7.41. The first kappa shape index (κ1) is 34.0. The molecule has 0 spiro atoms. The Morgan fingerprint density at radius 2 is 1.96 bits per heavy atom. The minimum Gasteiger partial charge on any atom is -0.393 e. The van der Waals surface area contributed by atoms with Crippen molar-refractivity contribution in [2.24, 2.45) is 0 Å². The van der Waals surface area contributed by atoms with Crippen molar-refractivity contribution in [1.82, 2.24) is 24.4 Å². The molecule has 2 atom stereocenters. The predicted molar refractivity (Wildman–Crippen MR) is 184 cm³/mol. The molecule has 5 heterocycles. The van der Waals surface area contributed by atoms with Crippen molar-refractivity contribution in [3.8, 4) is 0 Å². The van der Waals surface area contributed by atoms with E-state index in [0.717, 1.165) is 28.7 Å².